The lowest BCUT2D eigenvalue weighted by Crippen LogP contribution is -2.19. The van der Waals surface area contributed by atoms with Crippen molar-refractivity contribution in [1.29, 1.82) is 0 Å². The third-order valence-electron chi connectivity index (χ3n) is 5.57. The molecule has 2 aromatic carbocycles. The van der Waals surface area contributed by atoms with Crippen LogP contribution in [0.15, 0.2) is 113 Å². The van der Waals surface area contributed by atoms with Gasteiger partial charge in [-0.2, -0.15) is 25.6 Å². The zero-order valence-corrected chi connectivity index (χ0v) is 29.1. The van der Waals surface area contributed by atoms with E-state index in [1.54, 1.807) is 0 Å². The van der Waals surface area contributed by atoms with Gasteiger partial charge in [-0.15, -0.1) is 0 Å². The van der Waals surface area contributed by atoms with Crippen molar-refractivity contribution in [3.8, 4) is 0 Å². The van der Waals surface area contributed by atoms with Crippen molar-refractivity contribution in [2.45, 2.75) is 23.6 Å². The molecule has 2 rings (SSSR count). The number of primary sulfonamides is 2. The lowest BCUT2D eigenvalue weighted by molar-refractivity contribution is -0.385. The Morgan fingerprint density at radius 3 is 1.30 bits per heavy atom. The van der Waals surface area contributed by atoms with E-state index in [-0.39, 0.29) is 13.2 Å². The van der Waals surface area contributed by atoms with E-state index in [0.717, 1.165) is 60.7 Å². The number of nitro groups is 2. The molecule has 50 heavy (non-hydrogen) atoms. The fourth-order valence-corrected chi connectivity index (χ4v) is 6.55. The molecule has 0 aliphatic carbocycles. The summed E-state index contributed by atoms with van der Waals surface area (Å²) >= 11 is 0. The fraction of sp³-hybridized carbons (Fsp3) is 0.154. The number of nitro benzene ring substituents is 2. The number of non-ortho nitro benzene ring substituents is 2. The summed E-state index contributed by atoms with van der Waals surface area (Å²) in [5.74, 6) is -1.09. The Hall–Kier alpha value is -5.14. The first-order chi connectivity index (χ1) is 23.1. The molecule has 0 saturated carbocycles. The maximum atomic E-state index is 12.7. The third-order valence-corrected chi connectivity index (χ3v) is 9.88. The van der Waals surface area contributed by atoms with Gasteiger partial charge in [-0.05, 0) is 38.1 Å². The van der Waals surface area contributed by atoms with Gasteiger partial charge < -0.3 is 9.47 Å². The van der Waals surface area contributed by atoms with Crippen molar-refractivity contribution < 1.29 is 53.0 Å². The molecule has 0 atom stereocenters. The molecule has 24 heteroatoms. The van der Waals surface area contributed by atoms with Crippen LogP contribution in [0.3, 0.4) is 0 Å². The largest absolute Gasteiger partial charge is 0.492 e. The van der Waals surface area contributed by atoms with E-state index < -0.39 is 92.4 Å². The highest BCUT2D eigenvalue weighted by Crippen LogP contribution is 2.22. The first-order valence-corrected chi connectivity index (χ1v) is 19.4. The average Bonchev–Trinajstić information content (AvgIpc) is 3.01. The van der Waals surface area contributed by atoms with Gasteiger partial charge in [-0.25, -0.2) is 27.1 Å². The lowest BCUT2D eigenvalue weighted by atomic mass is 10.3. The number of hydrogen-bond donors (Lipinski definition) is 2. The van der Waals surface area contributed by atoms with Crippen molar-refractivity contribution in [2.75, 3.05) is 13.2 Å². The number of allylic oxidation sites excluding steroid dienone is 6. The Morgan fingerprint density at radius 1 is 0.680 bits per heavy atom. The molecule has 20 nitrogen and oxygen atoms in total. The second-order valence-electron chi connectivity index (χ2n) is 9.06. The van der Waals surface area contributed by atoms with E-state index in [2.05, 4.69) is 8.80 Å². The van der Waals surface area contributed by atoms with E-state index in [1.165, 1.54) is 13.8 Å². The normalized spacial score (nSPS) is 14.2. The quantitative estimate of drug-likeness (QED) is 0.0762. The molecule has 0 amide bonds. The molecule has 0 saturated heterocycles. The van der Waals surface area contributed by atoms with Gasteiger partial charge in [0.25, 0.3) is 31.4 Å². The molecule has 0 aliphatic rings. The van der Waals surface area contributed by atoms with Crippen LogP contribution in [0.4, 0.5) is 11.4 Å². The summed E-state index contributed by atoms with van der Waals surface area (Å²) in [6.45, 7) is 2.53. The lowest BCUT2D eigenvalue weighted by Gasteiger charge is -2.09. The van der Waals surface area contributed by atoms with Crippen molar-refractivity contribution >= 4 is 63.9 Å². The van der Waals surface area contributed by atoms with Gasteiger partial charge in [-0.3, -0.25) is 20.2 Å². The molecule has 0 aromatic heterocycles. The Kier molecular flexibility index (Phi) is 13.9. The van der Waals surface area contributed by atoms with Crippen LogP contribution >= 0.6 is 0 Å². The van der Waals surface area contributed by atoms with Crippen LogP contribution in [0, 0.1) is 20.2 Å². The number of benzene rings is 2. The average molecular weight is 777 g/mol. The van der Waals surface area contributed by atoms with E-state index in [9.17, 15) is 53.9 Å². The molecule has 0 heterocycles. The van der Waals surface area contributed by atoms with Crippen molar-refractivity contribution in [3.63, 3.8) is 0 Å². The summed E-state index contributed by atoms with van der Waals surface area (Å²) in [4.78, 5) is 17.2. The highest BCUT2D eigenvalue weighted by atomic mass is 32.2. The maximum Gasteiger partial charge on any atom is 0.282 e. The van der Waals surface area contributed by atoms with Crippen LogP contribution in [-0.4, -0.2) is 69.2 Å². The van der Waals surface area contributed by atoms with Gasteiger partial charge >= 0.3 is 0 Å². The minimum atomic E-state index is -4.74. The van der Waals surface area contributed by atoms with Gasteiger partial charge in [0.05, 0.1) is 45.3 Å². The Morgan fingerprint density at radius 2 is 1.02 bits per heavy atom. The zero-order valence-electron chi connectivity index (χ0n) is 25.8. The molecule has 270 valence electrons. The van der Waals surface area contributed by atoms with Crippen LogP contribution in [0.5, 0.6) is 0 Å². The third kappa shape index (κ3) is 11.8. The minimum absolute atomic E-state index is 0.178. The minimum Gasteiger partial charge on any atom is -0.492 e. The Bertz CT molecular complexity index is 2110. The predicted octanol–water partition coefficient (Wildman–Crippen LogP) is 1.91. The molecule has 0 radical (unpaired) electrons. The van der Waals surface area contributed by atoms with Gasteiger partial charge in [0.2, 0.25) is 20.0 Å². The first-order valence-electron chi connectivity index (χ1n) is 13.4. The number of hydrogen-bond acceptors (Lipinski definition) is 14. The molecule has 4 N–H and O–H groups in total. The van der Waals surface area contributed by atoms with Crippen LogP contribution in [0.25, 0.3) is 0 Å². The van der Waals surface area contributed by atoms with Crippen molar-refractivity contribution in [3.05, 3.63) is 114 Å². The summed E-state index contributed by atoms with van der Waals surface area (Å²) in [5.41, 5.74) is -1.15. The SMILES string of the molecule is CCOC(/C=C/C=C/C(OCC)=C(/C=N/S(=O)(=O)c1cccc([N+](=O)[O-])c1)S(N)(=O)=O)=C(/C=N/S(=O)(=O)c1cccc([N+](=O)[O-])c1)S(N)(=O)=O. The summed E-state index contributed by atoms with van der Waals surface area (Å²) < 4.78 is 117. The number of nitrogens with two attached hydrogens (primary N) is 2. The molecule has 0 unspecified atom stereocenters. The second kappa shape index (κ2) is 17.0. The van der Waals surface area contributed by atoms with Crippen molar-refractivity contribution in [2.24, 2.45) is 19.1 Å². The molecular formula is C26H28N6O14S4. The molecule has 0 aliphatic heterocycles. The first kappa shape index (κ1) is 41.0. The standard InChI is InChI=1S/C26H28N6O14S4/c1-3-45-23(25(47(27,37)38)17-29-49(41,42)21-11-7-9-19(15-21)31(33)34)13-5-6-14-24(46-4-2)26(48(28,39)40)18-30-50(43,44)22-12-8-10-20(16-22)32(35)36/h5-18H,3-4H2,1-2H3,(H2,27,37,38)(H2,28,39,40)/b13-5+,14-6+,25-23-,26-24+,29-17+,30-18+. The van der Waals surface area contributed by atoms with E-state index in [1.807, 2.05) is 0 Å². The summed E-state index contributed by atoms with van der Waals surface area (Å²) in [6.07, 6.45) is 4.77. The maximum absolute atomic E-state index is 12.7. The van der Waals surface area contributed by atoms with Gasteiger partial charge in [0.15, 0.2) is 0 Å². The number of rotatable bonds is 17. The zero-order chi connectivity index (χ0) is 37.9. The Balaban J connectivity index is 2.62. The summed E-state index contributed by atoms with van der Waals surface area (Å²) in [7, 11) is -18.9. The topological polar surface area (TPSA) is 318 Å². The highest BCUT2D eigenvalue weighted by Gasteiger charge is 2.22. The van der Waals surface area contributed by atoms with E-state index in [0.29, 0.717) is 24.6 Å². The summed E-state index contributed by atoms with van der Waals surface area (Å²) in [6, 6.07) is 7.58. The van der Waals surface area contributed by atoms with Crippen LogP contribution in [-0.2, 0) is 49.6 Å². The van der Waals surface area contributed by atoms with Crippen LogP contribution < -0.4 is 10.3 Å². The molecule has 0 spiro atoms. The van der Waals surface area contributed by atoms with Crippen LogP contribution in [0.1, 0.15) is 13.8 Å². The predicted molar refractivity (Wildman–Crippen MR) is 179 cm³/mol. The van der Waals surface area contributed by atoms with Crippen molar-refractivity contribution in [1.82, 2.24) is 0 Å². The molecular weight excluding hydrogens is 749 g/mol. The number of ether oxygens (including phenoxy) is 2. The fourth-order valence-electron chi connectivity index (χ4n) is 3.43. The highest BCUT2D eigenvalue weighted by molar-refractivity contribution is 7.94. The van der Waals surface area contributed by atoms with Crippen LogP contribution in [0.2, 0.25) is 0 Å². The van der Waals surface area contributed by atoms with E-state index in [4.69, 9.17) is 19.8 Å². The number of sulfonamides is 4. The van der Waals surface area contributed by atoms with Gasteiger partial charge in [0.1, 0.15) is 21.3 Å². The smallest absolute Gasteiger partial charge is 0.282 e. The summed E-state index contributed by atoms with van der Waals surface area (Å²) in [5, 5.41) is 32.6. The molecule has 0 fully saturated rings. The molecule has 0 bridgehead atoms. The number of nitrogens with zero attached hydrogens (tertiary/aromatic N) is 4. The second-order valence-corrected chi connectivity index (χ2v) is 15.4. The Labute approximate surface area is 286 Å². The molecule has 2 aromatic rings. The van der Waals surface area contributed by atoms with Gasteiger partial charge in [0, 0.05) is 24.3 Å². The van der Waals surface area contributed by atoms with Gasteiger partial charge in [-0.1, -0.05) is 24.3 Å². The van der Waals surface area contributed by atoms with E-state index >= 15 is 0 Å². The monoisotopic (exact) mass is 776 g/mol.